The smallest absolute Gasteiger partial charge is 0.411 e. The number of amides is 2. The SMILES string of the molecule is O=C(Nc1ccc(CNC(=O)c2ccnn2C2CCC2)cc1)OCc1ccc(Cl)cc1. The van der Waals surface area contributed by atoms with Gasteiger partial charge in [0, 0.05) is 23.5 Å². The van der Waals surface area contributed by atoms with Crippen molar-refractivity contribution in [2.75, 3.05) is 5.32 Å². The number of hydrogen-bond acceptors (Lipinski definition) is 4. The van der Waals surface area contributed by atoms with Crippen LogP contribution in [0.1, 0.15) is 46.9 Å². The molecule has 1 heterocycles. The molecule has 0 saturated heterocycles. The minimum Gasteiger partial charge on any atom is -0.444 e. The number of benzene rings is 2. The summed E-state index contributed by atoms with van der Waals surface area (Å²) >= 11 is 5.84. The highest BCUT2D eigenvalue weighted by Crippen LogP contribution is 2.31. The van der Waals surface area contributed by atoms with Crippen LogP contribution >= 0.6 is 11.6 Å². The summed E-state index contributed by atoms with van der Waals surface area (Å²) in [6.07, 6.45) is 4.44. The van der Waals surface area contributed by atoms with Crippen LogP contribution in [0.4, 0.5) is 10.5 Å². The van der Waals surface area contributed by atoms with Crippen LogP contribution in [0.25, 0.3) is 0 Å². The minimum atomic E-state index is -0.541. The van der Waals surface area contributed by atoms with Gasteiger partial charge in [-0.25, -0.2) is 4.79 Å². The molecule has 0 aliphatic heterocycles. The standard InChI is InChI=1S/C23H23ClN4O3/c24-18-8-4-17(5-9-18)15-31-23(30)27-19-10-6-16(7-11-19)14-25-22(29)21-12-13-26-28(21)20-2-1-3-20/h4-13,20H,1-3,14-15H2,(H,25,29)(H,27,30). The van der Waals surface area contributed by atoms with Crippen LogP contribution in [0.5, 0.6) is 0 Å². The quantitative estimate of drug-likeness (QED) is 0.547. The first-order chi connectivity index (χ1) is 15.1. The number of carbonyl (C=O) groups excluding carboxylic acids is 2. The monoisotopic (exact) mass is 438 g/mol. The van der Waals surface area contributed by atoms with Gasteiger partial charge in [0.05, 0.1) is 6.04 Å². The fourth-order valence-corrected chi connectivity index (χ4v) is 3.40. The van der Waals surface area contributed by atoms with Crippen molar-refractivity contribution in [3.05, 3.63) is 82.6 Å². The largest absolute Gasteiger partial charge is 0.444 e. The van der Waals surface area contributed by atoms with Crippen molar-refractivity contribution in [2.45, 2.75) is 38.5 Å². The van der Waals surface area contributed by atoms with Crippen LogP contribution in [0, 0.1) is 0 Å². The molecule has 4 rings (SSSR count). The Bertz CT molecular complexity index is 1040. The van der Waals surface area contributed by atoms with Crippen LogP contribution in [-0.2, 0) is 17.9 Å². The summed E-state index contributed by atoms with van der Waals surface area (Å²) in [6, 6.07) is 16.4. The molecule has 0 bridgehead atoms. The van der Waals surface area contributed by atoms with Gasteiger partial charge >= 0.3 is 6.09 Å². The molecule has 0 spiro atoms. The number of anilines is 1. The molecule has 7 nitrogen and oxygen atoms in total. The third-order valence-electron chi connectivity index (χ3n) is 5.26. The van der Waals surface area contributed by atoms with Crippen LogP contribution in [0.15, 0.2) is 60.8 Å². The summed E-state index contributed by atoms with van der Waals surface area (Å²) in [7, 11) is 0. The molecule has 2 aromatic carbocycles. The summed E-state index contributed by atoms with van der Waals surface area (Å²) in [5, 5.41) is 10.5. The van der Waals surface area contributed by atoms with E-state index in [0.29, 0.717) is 29.0 Å². The van der Waals surface area contributed by atoms with Crippen LogP contribution in [0.2, 0.25) is 5.02 Å². The molecule has 1 aliphatic rings. The Kier molecular flexibility index (Phi) is 6.52. The average Bonchev–Trinajstić information content (AvgIpc) is 3.20. The molecule has 160 valence electrons. The van der Waals surface area contributed by atoms with Gasteiger partial charge in [-0.2, -0.15) is 5.10 Å². The summed E-state index contributed by atoms with van der Waals surface area (Å²) in [4.78, 5) is 24.5. The number of carbonyl (C=O) groups is 2. The van der Waals surface area contributed by atoms with E-state index in [9.17, 15) is 9.59 Å². The van der Waals surface area contributed by atoms with Gasteiger partial charge in [-0.1, -0.05) is 35.9 Å². The minimum absolute atomic E-state index is 0.141. The second-order valence-electron chi connectivity index (χ2n) is 7.45. The second-order valence-corrected chi connectivity index (χ2v) is 7.89. The molecule has 0 radical (unpaired) electrons. The molecule has 31 heavy (non-hydrogen) atoms. The number of nitrogens with one attached hydrogen (secondary N) is 2. The summed E-state index contributed by atoms with van der Waals surface area (Å²) in [5.41, 5.74) is 2.97. The first-order valence-electron chi connectivity index (χ1n) is 10.2. The van der Waals surface area contributed by atoms with Crippen molar-refractivity contribution in [3.63, 3.8) is 0 Å². The van der Waals surface area contributed by atoms with Gasteiger partial charge in [0.1, 0.15) is 12.3 Å². The molecular weight excluding hydrogens is 416 g/mol. The van der Waals surface area contributed by atoms with Crippen LogP contribution in [0.3, 0.4) is 0 Å². The first kappa shape index (κ1) is 20.9. The molecule has 2 amide bonds. The molecule has 1 saturated carbocycles. The van der Waals surface area contributed by atoms with E-state index in [1.54, 1.807) is 48.7 Å². The van der Waals surface area contributed by atoms with Crippen molar-refractivity contribution in [1.29, 1.82) is 0 Å². The average molecular weight is 439 g/mol. The number of hydrogen-bond donors (Lipinski definition) is 2. The maximum Gasteiger partial charge on any atom is 0.411 e. The molecular formula is C23H23ClN4O3. The maximum absolute atomic E-state index is 12.5. The fraction of sp³-hybridized carbons (Fsp3) is 0.261. The van der Waals surface area contributed by atoms with E-state index in [1.165, 1.54) is 6.42 Å². The summed E-state index contributed by atoms with van der Waals surface area (Å²) in [6.45, 7) is 0.542. The highest BCUT2D eigenvalue weighted by atomic mass is 35.5. The molecule has 0 unspecified atom stereocenters. The molecule has 2 N–H and O–H groups in total. The zero-order chi connectivity index (χ0) is 21.6. The topological polar surface area (TPSA) is 85.3 Å². The van der Waals surface area contributed by atoms with Gasteiger partial charge < -0.3 is 10.1 Å². The Hall–Kier alpha value is -3.32. The van der Waals surface area contributed by atoms with Crippen molar-refractivity contribution in [1.82, 2.24) is 15.1 Å². The Balaban J connectivity index is 1.24. The third-order valence-corrected chi connectivity index (χ3v) is 5.51. The van der Waals surface area contributed by atoms with Gasteiger partial charge in [-0.05, 0) is 60.7 Å². The lowest BCUT2D eigenvalue weighted by molar-refractivity contribution is 0.0932. The predicted molar refractivity (Wildman–Crippen MR) is 118 cm³/mol. The lowest BCUT2D eigenvalue weighted by atomic mass is 9.93. The zero-order valence-corrected chi connectivity index (χ0v) is 17.6. The van der Waals surface area contributed by atoms with E-state index in [2.05, 4.69) is 15.7 Å². The Labute approximate surface area is 185 Å². The van der Waals surface area contributed by atoms with E-state index in [0.717, 1.165) is 24.0 Å². The van der Waals surface area contributed by atoms with Crippen LogP contribution < -0.4 is 10.6 Å². The van der Waals surface area contributed by atoms with Gasteiger partial charge in [-0.15, -0.1) is 0 Å². The Morgan fingerprint density at radius 2 is 1.74 bits per heavy atom. The lowest BCUT2D eigenvalue weighted by Gasteiger charge is -2.27. The molecule has 1 aliphatic carbocycles. The molecule has 1 aromatic heterocycles. The Morgan fingerprint density at radius 1 is 1.03 bits per heavy atom. The van der Waals surface area contributed by atoms with Gasteiger partial charge in [-0.3, -0.25) is 14.8 Å². The van der Waals surface area contributed by atoms with Gasteiger partial charge in [0.15, 0.2) is 0 Å². The van der Waals surface area contributed by atoms with Crippen molar-refractivity contribution in [3.8, 4) is 0 Å². The van der Waals surface area contributed by atoms with Crippen molar-refractivity contribution < 1.29 is 14.3 Å². The summed E-state index contributed by atoms with van der Waals surface area (Å²) in [5.74, 6) is -0.141. The number of nitrogens with zero attached hydrogens (tertiary/aromatic N) is 2. The number of aromatic nitrogens is 2. The molecule has 0 atom stereocenters. The van der Waals surface area contributed by atoms with Crippen molar-refractivity contribution >= 4 is 29.3 Å². The number of rotatable bonds is 7. The van der Waals surface area contributed by atoms with Crippen molar-refractivity contribution in [2.24, 2.45) is 0 Å². The maximum atomic E-state index is 12.5. The van der Waals surface area contributed by atoms with Gasteiger partial charge in [0.25, 0.3) is 5.91 Å². The molecule has 1 fully saturated rings. The van der Waals surface area contributed by atoms with E-state index in [1.807, 2.05) is 16.8 Å². The Morgan fingerprint density at radius 3 is 2.42 bits per heavy atom. The molecule has 3 aromatic rings. The van der Waals surface area contributed by atoms with E-state index < -0.39 is 6.09 Å². The highest BCUT2D eigenvalue weighted by Gasteiger charge is 2.24. The third kappa shape index (κ3) is 5.44. The lowest BCUT2D eigenvalue weighted by Crippen LogP contribution is -2.29. The van der Waals surface area contributed by atoms with Crippen LogP contribution in [-0.4, -0.2) is 21.8 Å². The van der Waals surface area contributed by atoms with E-state index in [-0.39, 0.29) is 12.5 Å². The number of ether oxygens (including phenoxy) is 1. The van der Waals surface area contributed by atoms with E-state index in [4.69, 9.17) is 16.3 Å². The van der Waals surface area contributed by atoms with E-state index >= 15 is 0 Å². The normalized spacial score (nSPS) is 13.3. The first-order valence-corrected chi connectivity index (χ1v) is 10.5. The second kappa shape index (κ2) is 9.66. The summed E-state index contributed by atoms with van der Waals surface area (Å²) < 4.78 is 7.03. The predicted octanol–water partition coefficient (Wildman–Crippen LogP) is 4.94. The number of halogens is 1. The van der Waals surface area contributed by atoms with Gasteiger partial charge in [0.2, 0.25) is 0 Å². The fourth-order valence-electron chi connectivity index (χ4n) is 3.28. The zero-order valence-electron chi connectivity index (χ0n) is 16.9. The molecule has 8 heteroatoms. The highest BCUT2D eigenvalue weighted by molar-refractivity contribution is 6.30.